The Kier molecular flexibility index (Phi) is 4.20. The first-order chi connectivity index (χ1) is 13.7. The molecule has 1 aromatic carbocycles. The van der Waals surface area contributed by atoms with E-state index in [1.807, 2.05) is 15.4 Å². The molecular weight excluding hydrogens is 359 g/mol. The first-order valence-electron chi connectivity index (χ1n) is 9.55. The van der Waals surface area contributed by atoms with Crippen LogP contribution >= 0.6 is 0 Å². The molecule has 28 heavy (non-hydrogen) atoms. The van der Waals surface area contributed by atoms with Crippen molar-refractivity contribution >= 4 is 11.6 Å². The zero-order valence-corrected chi connectivity index (χ0v) is 15.4. The van der Waals surface area contributed by atoms with Gasteiger partial charge in [-0.05, 0) is 43.3 Å². The number of aryl methyl sites for hydroxylation is 1. The Bertz CT molecular complexity index is 985. The Morgan fingerprint density at radius 1 is 1.21 bits per heavy atom. The number of carbonyl (C=O) groups excluding carboxylic acids is 1. The lowest BCUT2D eigenvalue weighted by atomic mass is 10.2. The molecule has 0 aliphatic carbocycles. The van der Waals surface area contributed by atoms with E-state index in [0.29, 0.717) is 13.0 Å². The van der Waals surface area contributed by atoms with Crippen LogP contribution in [-0.4, -0.2) is 38.3 Å². The number of fused-ring (bicyclic) bond motifs is 1. The Balaban J connectivity index is 1.42. The maximum atomic E-state index is 13.2. The minimum atomic E-state index is -0.308. The van der Waals surface area contributed by atoms with Crippen LogP contribution in [0.25, 0.3) is 11.5 Å². The normalized spacial score (nSPS) is 19.7. The third kappa shape index (κ3) is 2.99. The van der Waals surface area contributed by atoms with E-state index < -0.39 is 0 Å². The van der Waals surface area contributed by atoms with E-state index >= 15 is 0 Å². The molecule has 2 aliphatic rings. The summed E-state index contributed by atoms with van der Waals surface area (Å²) in [6.45, 7) is 3.22. The van der Waals surface area contributed by atoms with Crippen LogP contribution in [0.5, 0.6) is 0 Å². The molecule has 0 saturated carbocycles. The molecule has 0 spiro atoms. The molecule has 1 N–H and O–H groups in total. The Morgan fingerprint density at radius 3 is 2.93 bits per heavy atom. The molecule has 1 saturated heterocycles. The highest BCUT2D eigenvalue weighted by Gasteiger charge is 2.33. The molecule has 8 heteroatoms. The largest absolute Gasteiger partial charge is 0.324 e. The van der Waals surface area contributed by atoms with Gasteiger partial charge in [-0.3, -0.25) is 9.48 Å². The van der Waals surface area contributed by atoms with Crippen molar-refractivity contribution in [3.8, 4) is 11.5 Å². The number of benzene rings is 1. The predicted molar refractivity (Wildman–Crippen MR) is 102 cm³/mol. The summed E-state index contributed by atoms with van der Waals surface area (Å²) >= 11 is 0. The maximum Gasteiger partial charge on any atom is 0.229 e. The van der Waals surface area contributed by atoms with Gasteiger partial charge in [0.05, 0.1) is 11.7 Å². The van der Waals surface area contributed by atoms with E-state index in [9.17, 15) is 9.18 Å². The molecule has 144 valence electrons. The minimum absolute atomic E-state index is 0.0288. The fraction of sp³-hybridized carbons (Fsp3) is 0.350. The molecule has 7 nitrogen and oxygen atoms in total. The molecule has 4 heterocycles. The first kappa shape index (κ1) is 17.1. The van der Waals surface area contributed by atoms with Crippen LogP contribution in [0.3, 0.4) is 0 Å². The van der Waals surface area contributed by atoms with E-state index in [0.717, 1.165) is 49.0 Å². The monoisotopic (exact) mass is 380 g/mol. The van der Waals surface area contributed by atoms with Gasteiger partial charge in [-0.25, -0.2) is 9.37 Å². The van der Waals surface area contributed by atoms with Gasteiger partial charge < -0.3 is 14.8 Å². The fourth-order valence-electron chi connectivity index (χ4n) is 4.02. The van der Waals surface area contributed by atoms with Crippen molar-refractivity contribution in [2.45, 2.75) is 32.0 Å². The summed E-state index contributed by atoms with van der Waals surface area (Å²) in [4.78, 5) is 18.8. The third-order valence-corrected chi connectivity index (χ3v) is 5.43. The molecule has 3 aromatic rings. The molecule has 2 aromatic heterocycles. The van der Waals surface area contributed by atoms with Crippen molar-refractivity contribution in [1.82, 2.24) is 24.6 Å². The average Bonchev–Trinajstić information content (AvgIpc) is 3.38. The van der Waals surface area contributed by atoms with Gasteiger partial charge in [0.25, 0.3) is 0 Å². The second-order valence-corrected chi connectivity index (χ2v) is 7.27. The fourth-order valence-corrected chi connectivity index (χ4v) is 4.02. The van der Waals surface area contributed by atoms with Crippen molar-refractivity contribution in [1.29, 1.82) is 0 Å². The van der Waals surface area contributed by atoms with Crippen LogP contribution in [0.4, 0.5) is 10.1 Å². The molecule has 2 aliphatic heterocycles. The molecule has 1 fully saturated rings. The number of imidazole rings is 1. The maximum absolute atomic E-state index is 13.2. The quantitative estimate of drug-likeness (QED) is 0.758. The third-order valence-electron chi connectivity index (χ3n) is 5.43. The van der Waals surface area contributed by atoms with E-state index in [-0.39, 0.29) is 17.8 Å². The zero-order valence-electron chi connectivity index (χ0n) is 15.4. The van der Waals surface area contributed by atoms with Crippen LogP contribution in [0.2, 0.25) is 0 Å². The van der Waals surface area contributed by atoms with Crippen LogP contribution in [0.1, 0.15) is 24.6 Å². The number of nitrogens with zero attached hydrogens (tertiary/aromatic N) is 5. The molecular formula is C20H21FN6O. The van der Waals surface area contributed by atoms with Crippen molar-refractivity contribution in [3.63, 3.8) is 0 Å². The van der Waals surface area contributed by atoms with Crippen molar-refractivity contribution in [3.05, 3.63) is 54.2 Å². The second-order valence-electron chi connectivity index (χ2n) is 7.27. The van der Waals surface area contributed by atoms with Crippen molar-refractivity contribution in [2.24, 2.45) is 0 Å². The molecule has 1 atom stereocenters. The lowest BCUT2D eigenvalue weighted by Gasteiger charge is -2.18. The number of nitrogens with one attached hydrogen (secondary N) is 1. The molecule has 0 radical (unpaired) electrons. The second kappa shape index (κ2) is 6.87. The number of carbonyl (C=O) groups is 1. The average molecular weight is 380 g/mol. The number of rotatable bonds is 3. The van der Waals surface area contributed by atoms with Gasteiger partial charge >= 0.3 is 0 Å². The highest BCUT2D eigenvalue weighted by molar-refractivity contribution is 5.96. The van der Waals surface area contributed by atoms with Gasteiger partial charge in [0, 0.05) is 44.1 Å². The van der Waals surface area contributed by atoms with Gasteiger partial charge in [-0.1, -0.05) is 0 Å². The minimum Gasteiger partial charge on any atom is -0.324 e. The Morgan fingerprint density at radius 2 is 2.07 bits per heavy atom. The van der Waals surface area contributed by atoms with Crippen molar-refractivity contribution in [2.75, 3.05) is 18.0 Å². The smallest absolute Gasteiger partial charge is 0.229 e. The van der Waals surface area contributed by atoms with Crippen LogP contribution in [-0.2, 0) is 17.9 Å². The highest BCUT2D eigenvalue weighted by Crippen LogP contribution is 2.31. The summed E-state index contributed by atoms with van der Waals surface area (Å²) in [5, 5.41) is 8.14. The summed E-state index contributed by atoms with van der Waals surface area (Å²) in [6, 6.07) is 8.09. The number of aromatic nitrogens is 4. The number of amides is 1. The number of hydrogen-bond acceptors (Lipinski definition) is 4. The zero-order chi connectivity index (χ0) is 19.1. The highest BCUT2D eigenvalue weighted by atomic mass is 19.1. The van der Waals surface area contributed by atoms with E-state index in [1.54, 1.807) is 23.2 Å². The van der Waals surface area contributed by atoms with Gasteiger partial charge in [-0.2, -0.15) is 5.10 Å². The molecule has 0 bridgehead atoms. The summed E-state index contributed by atoms with van der Waals surface area (Å²) in [5.74, 6) is 0.498. The SMILES string of the molecule is O=C1C[C@H](n2ccnc2-c2cc3n(n2)CCCNC3)CN1c1ccc(F)cc1. The van der Waals surface area contributed by atoms with E-state index in [4.69, 9.17) is 5.10 Å². The Hall–Kier alpha value is -3.00. The van der Waals surface area contributed by atoms with Gasteiger partial charge in [-0.15, -0.1) is 0 Å². The number of anilines is 1. The summed E-state index contributed by atoms with van der Waals surface area (Å²) in [6.07, 6.45) is 5.09. The van der Waals surface area contributed by atoms with Gasteiger partial charge in [0.1, 0.15) is 11.5 Å². The number of halogens is 1. The van der Waals surface area contributed by atoms with Crippen LogP contribution < -0.4 is 10.2 Å². The molecule has 1 amide bonds. The topological polar surface area (TPSA) is 68.0 Å². The van der Waals surface area contributed by atoms with E-state index in [1.165, 1.54) is 12.1 Å². The standard InChI is InChI=1S/C20H21FN6O/c21-14-2-4-15(5-3-14)26-13-17(11-19(26)28)25-9-7-23-20(25)18-10-16-12-22-6-1-8-27(16)24-18/h2-5,7,9-10,17,22H,1,6,8,11-13H2/t17-/m0/s1. The lowest BCUT2D eigenvalue weighted by molar-refractivity contribution is -0.117. The first-order valence-corrected chi connectivity index (χ1v) is 9.55. The van der Waals surface area contributed by atoms with Crippen molar-refractivity contribution < 1.29 is 9.18 Å². The lowest BCUT2D eigenvalue weighted by Crippen LogP contribution is -2.24. The summed E-state index contributed by atoms with van der Waals surface area (Å²) < 4.78 is 17.3. The summed E-state index contributed by atoms with van der Waals surface area (Å²) in [5.41, 5.74) is 2.70. The van der Waals surface area contributed by atoms with Crippen LogP contribution in [0, 0.1) is 5.82 Å². The summed E-state index contributed by atoms with van der Waals surface area (Å²) in [7, 11) is 0. The number of hydrogen-bond donors (Lipinski definition) is 1. The molecule has 0 unspecified atom stereocenters. The molecule has 5 rings (SSSR count). The van der Waals surface area contributed by atoms with Gasteiger partial charge in [0.15, 0.2) is 5.82 Å². The Labute approximate surface area is 161 Å². The van der Waals surface area contributed by atoms with E-state index in [2.05, 4.69) is 16.4 Å². The predicted octanol–water partition coefficient (Wildman–Crippen LogP) is 2.36. The van der Waals surface area contributed by atoms with Crippen LogP contribution in [0.15, 0.2) is 42.7 Å². The van der Waals surface area contributed by atoms with Gasteiger partial charge in [0.2, 0.25) is 5.91 Å².